The highest BCUT2D eigenvalue weighted by atomic mass is 15.3. The average Bonchev–Trinajstić information content (AvgIpc) is 2.88. The van der Waals surface area contributed by atoms with Crippen LogP contribution in [0.25, 0.3) is 0 Å². The van der Waals surface area contributed by atoms with Crippen molar-refractivity contribution >= 4 is 5.82 Å². The van der Waals surface area contributed by atoms with Gasteiger partial charge in [-0.1, -0.05) is 12.8 Å². The van der Waals surface area contributed by atoms with Crippen molar-refractivity contribution in [3.05, 3.63) is 11.3 Å². The predicted octanol–water partition coefficient (Wildman–Crippen LogP) is 1.30. The summed E-state index contributed by atoms with van der Waals surface area (Å²) in [5.41, 5.74) is 8.50. The monoisotopic (exact) mass is 220 g/mol. The predicted molar refractivity (Wildman–Crippen MR) is 64.0 cm³/mol. The molecular formula is C12H20N4. The van der Waals surface area contributed by atoms with Gasteiger partial charge in [-0.3, -0.25) is 9.58 Å². The van der Waals surface area contributed by atoms with Crippen LogP contribution in [0.1, 0.15) is 36.9 Å². The molecule has 1 aliphatic heterocycles. The Hall–Kier alpha value is -1.03. The molecule has 0 bridgehead atoms. The van der Waals surface area contributed by atoms with Crippen molar-refractivity contribution in [2.24, 2.45) is 7.05 Å². The molecule has 2 heterocycles. The van der Waals surface area contributed by atoms with Crippen LogP contribution in [0.4, 0.5) is 5.82 Å². The molecule has 2 N–H and O–H groups in total. The molecule has 0 aromatic carbocycles. The van der Waals surface area contributed by atoms with E-state index in [0.717, 1.165) is 31.4 Å². The molecule has 1 fully saturated rings. The Labute approximate surface area is 96.4 Å². The van der Waals surface area contributed by atoms with Crippen LogP contribution in [0.3, 0.4) is 0 Å². The number of aromatic nitrogens is 2. The Balaban J connectivity index is 1.80. The number of nitrogen functional groups attached to an aromatic ring is 1. The summed E-state index contributed by atoms with van der Waals surface area (Å²) in [6, 6.07) is 0.802. The SMILES string of the molecule is Cn1nc2c(c1N)CCN(C1CCCC1)C2. The summed E-state index contributed by atoms with van der Waals surface area (Å²) in [7, 11) is 1.94. The maximum atomic E-state index is 6.00. The third kappa shape index (κ3) is 1.52. The molecule has 1 aliphatic carbocycles. The van der Waals surface area contributed by atoms with Gasteiger partial charge in [-0.15, -0.1) is 0 Å². The van der Waals surface area contributed by atoms with Crippen LogP contribution in [-0.2, 0) is 20.0 Å². The molecule has 16 heavy (non-hydrogen) atoms. The summed E-state index contributed by atoms with van der Waals surface area (Å²) in [6.07, 6.45) is 6.62. The molecule has 88 valence electrons. The van der Waals surface area contributed by atoms with Crippen molar-refractivity contribution in [2.75, 3.05) is 12.3 Å². The third-order valence-corrected chi connectivity index (χ3v) is 4.12. The minimum Gasteiger partial charge on any atom is -0.384 e. The number of nitrogens with two attached hydrogens (primary N) is 1. The molecule has 0 atom stereocenters. The maximum Gasteiger partial charge on any atom is 0.124 e. The van der Waals surface area contributed by atoms with Gasteiger partial charge in [0, 0.05) is 31.7 Å². The lowest BCUT2D eigenvalue weighted by Gasteiger charge is -2.31. The Bertz CT molecular complexity index is 390. The van der Waals surface area contributed by atoms with Gasteiger partial charge < -0.3 is 5.73 Å². The smallest absolute Gasteiger partial charge is 0.124 e. The fraction of sp³-hybridized carbons (Fsp3) is 0.750. The van der Waals surface area contributed by atoms with Crippen LogP contribution in [0.5, 0.6) is 0 Å². The Kier molecular flexibility index (Phi) is 2.39. The molecule has 0 saturated heterocycles. The van der Waals surface area contributed by atoms with E-state index in [-0.39, 0.29) is 0 Å². The molecule has 4 nitrogen and oxygen atoms in total. The Morgan fingerprint density at radius 1 is 1.31 bits per heavy atom. The second-order valence-electron chi connectivity index (χ2n) is 5.09. The zero-order valence-electron chi connectivity index (χ0n) is 9.95. The van der Waals surface area contributed by atoms with Gasteiger partial charge >= 0.3 is 0 Å². The molecule has 1 saturated carbocycles. The summed E-state index contributed by atoms with van der Waals surface area (Å²) in [5, 5.41) is 4.52. The fourth-order valence-corrected chi connectivity index (χ4v) is 3.15. The lowest BCUT2D eigenvalue weighted by molar-refractivity contribution is 0.179. The number of nitrogens with zero attached hydrogens (tertiary/aromatic N) is 3. The highest BCUT2D eigenvalue weighted by Crippen LogP contribution is 2.29. The first-order valence-electron chi connectivity index (χ1n) is 6.30. The number of hydrogen-bond acceptors (Lipinski definition) is 3. The van der Waals surface area contributed by atoms with Crippen molar-refractivity contribution in [2.45, 2.75) is 44.7 Å². The average molecular weight is 220 g/mol. The molecule has 1 aromatic heterocycles. The molecular weight excluding hydrogens is 200 g/mol. The fourth-order valence-electron chi connectivity index (χ4n) is 3.15. The third-order valence-electron chi connectivity index (χ3n) is 4.12. The topological polar surface area (TPSA) is 47.1 Å². The first kappa shape index (κ1) is 10.1. The number of aryl methyl sites for hydroxylation is 1. The summed E-state index contributed by atoms with van der Waals surface area (Å²) in [4.78, 5) is 2.60. The largest absolute Gasteiger partial charge is 0.384 e. The van der Waals surface area contributed by atoms with Crippen molar-refractivity contribution in [1.82, 2.24) is 14.7 Å². The number of hydrogen-bond donors (Lipinski definition) is 1. The summed E-state index contributed by atoms with van der Waals surface area (Å²) < 4.78 is 1.82. The van der Waals surface area contributed by atoms with Gasteiger partial charge in [0.2, 0.25) is 0 Å². The van der Waals surface area contributed by atoms with Crippen LogP contribution < -0.4 is 5.73 Å². The van der Waals surface area contributed by atoms with E-state index in [1.54, 1.807) is 0 Å². The van der Waals surface area contributed by atoms with Gasteiger partial charge in [0.05, 0.1) is 5.69 Å². The number of fused-ring (bicyclic) bond motifs is 1. The first-order valence-corrected chi connectivity index (χ1v) is 6.30. The molecule has 2 aliphatic rings. The molecule has 0 amide bonds. The van der Waals surface area contributed by atoms with E-state index in [2.05, 4.69) is 10.00 Å². The number of anilines is 1. The Morgan fingerprint density at radius 3 is 2.81 bits per heavy atom. The van der Waals surface area contributed by atoms with Gasteiger partial charge in [-0.2, -0.15) is 5.10 Å². The second kappa shape index (κ2) is 3.77. The number of rotatable bonds is 1. The van der Waals surface area contributed by atoms with E-state index in [9.17, 15) is 0 Å². The normalized spacial score (nSPS) is 22.6. The molecule has 0 unspecified atom stereocenters. The summed E-state index contributed by atoms with van der Waals surface area (Å²) >= 11 is 0. The van der Waals surface area contributed by atoms with Gasteiger partial charge in [-0.05, 0) is 19.3 Å². The molecule has 1 aromatic rings. The standard InChI is InChI=1S/C12H20N4/c1-15-12(13)10-6-7-16(8-11(10)14-15)9-4-2-3-5-9/h9H,2-8,13H2,1H3. The van der Waals surface area contributed by atoms with E-state index < -0.39 is 0 Å². The second-order valence-corrected chi connectivity index (χ2v) is 5.09. The molecule has 4 heteroatoms. The van der Waals surface area contributed by atoms with Crippen LogP contribution in [0.2, 0.25) is 0 Å². The van der Waals surface area contributed by atoms with Crippen LogP contribution in [-0.4, -0.2) is 27.3 Å². The lowest BCUT2D eigenvalue weighted by Crippen LogP contribution is -2.37. The van der Waals surface area contributed by atoms with E-state index in [1.807, 2.05) is 11.7 Å². The van der Waals surface area contributed by atoms with Crippen molar-refractivity contribution in [3.8, 4) is 0 Å². The van der Waals surface area contributed by atoms with Gasteiger partial charge in [-0.25, -0.2) is 0 Å². The van der Waals surface area contributed by atoms with Crippen molar-refractivity contribution in [3.63, 3.8) is 0 Å². The minimum absolute atomic E-state index is 0.802. The first-order chi connectivity index (χ1) is 7.75. The zero-order valence-corrected chi connectivity index (χ0v) is 9.95. The van der Waals surface area contributed by atoms with Gasteiger partial charge in [0.1, 0.15) is 5.82 Å². The van der Waals surface area contributed by atoms with E-state index in [1.165, 1.54) is 36.9 Å². The van der Waals surface area contributed by atoms with E-state index in [4.69, 9.17) is 5.73 Å². The summed E-state index contributed by atoms with van der Waals surface area (Å²) in [6.45, 7) is 2.17. The molecule has 3 rings (SSSR count). The van der Waals surface area contributed by atoms with E-state index >= 15 is 0 Å². The molecule has 0 radical (unpaired) electrons. The van der Waals surface area contributed by atoms with Crippen LogP contribution in [0, 0.1) is 0 Å². The highest BCUT2D eigenvalue weighted by Gasteiger charge is 2.28. The lowest BCUT2D eigenvalue weighted by atomic mass is 10.0. The zero-order chi connectivity index (χ0) is 11.1. The van der Waals surface area contributed by atoms with Crippen molar-refractivity contribution < 1.29 is 0 Å². The molecule has 0 spiro atoms. The summed E-state index contributed by atoms with van der Waals surface area (Å²) in [5.74, 6) is 0.862. The maximum absolute atomic E-state index is 6.00. The van der Waals surface area contributed by atoms with Crippen molar-refractivity contribution in [1.29, 1.82) is 0 Å². The van der Waals surface area contributed by atoms with E-state index in [0.29, 0.717) is 0 Å². The van der Waals surface area contributed by atoms with Gasteiger partial charge in [0.15, 0.2) is 0 Å². The Morgan fingerprint density at radius 2 is 2.06 bits per heavy atom. The van der Waals surface area contributed by atoms with Crippen LogP contribution in [0.15, 0.2) is 0 Å². The van der Waals surface area contributed by atoms with Crippen LogP contribution >= 0.6 is 0 Å². The highest BCUT2D eigenvalue weighted by molar-refractivity contribution is 5.44. The van der Waals surface area contributed by atoms with Gasteiger partial charge in [0.25, 0.3) is 0 Å². The minimum atomic E-state index is 0.802. The quantitative estimate of drug-likeness (QED) is 0.776.